The number of hydrogen-bond donors (Lipinski definition) is 0. The minimum absolute atomic E-state index is 0.243. The third-order valence-electron chi connectivity index (χ3n) is 6.30. The largest absolute Gasteiger partial charge is 0.303 e. The van der Waals surface area contributed by atoms with E-state index in [9.17, 15) is 9.59 Å². The van der Waals surface area contributed by atoms with Crippen LogP contribution in [0.1, 0.15) is 20.7 Å². The molecule has 4 heteroatoms. The van der Waals surface area contributed by atoms with Crippen LogP contribution in [0.25, 0.3) is 0 Å². The first-order chi connectivity index (χ1) is 12.6. The van der Waals surface area contributed by atoms with Crippen molar-refractivity contribution in [2.75, 3.05) is 52.4 Å². The van der Waals surface area contributed by atoms with Crippen LogP contribution in [0.4, 0.5) is 0 Å². The minimum atomic E-state index is 0.243. The molecule has 2 aromatic carbocycles. The average molecular weight is 350 g/mol. The highest BCUT2D eigenvalue weighted by Gasteiger charge is 2.50. The van der Waals surface area contributed by atoms with Crippen molar-refractivity contribution >= 4 is 11.6 Å². The number of benzene rings is 2. The minimum Gasteiger partial charge on any atom is -0.303 e. The maximum absolute atomic E-state index is 12.7. The lowest BCUT2D eigenvalue weighted by atomic mass is 10.0. The molecule has 0 radical (unpaired) electrons. The van der Waals surface area contributed by atoms with Gasteiger partial charge in [0.05, 0.1) is 0 Å². The molecule has 0 spiro atoms. The molecule has 3 saturated heterocycles. The van der Waals surface area contributed by atoms with Crippen molar-refractivity contribution in [1.29, 1.82) is 0 Å². The Bertz CT molecular complexity index is 707. The molecule has 0 saturated carbocycles. The number of piperazine rings is 3. The second-order valence-electron chi connectivity index (χ2n) is 7.92. The van der Waals surface area contributed by atoms with E-state index in [0.717, 1.165) is 59.4 Å². The molecule has 0 N–H and O–H groups in total. The van der Waals surface area contributed by atoms with Gasteiger partial charge in [-0.2, -0.15) is 0 Å². The number of Topliss-reactive ketones (excluding diaryl/α,β-unsaturated/α-hetero) is 2. The number of carbonyl (C=O) groups is 2. The third kappa shape index (κ3) is 3.35. The summed E-state index contributed by atoms with van der Waals surface area (Å²) in [6.45, 7) is 7.19. The Labute approximate surface area is 154 Å². The van der Waals surface area contributed by atoms with Crippen LogP contribution in [0.2, 0.25) is 0 Å². The van der Waals surface area contributed by atoms with Crippen molar-refractivity contribution in [2.45, 2.75) is 0 Å². The molecule has 26 heavy (non-hydrogen) atoms. The van der Waals surface area contributed by atoms with E-state index in [0.29, 0.717) is 13.1 Å². The lowest BCUT2D eigenvalue weighted by Gasteiger charge is -2.55. The molecule has 5 rings (SSSR count). The summed E-state index contributed by atoms with van der Waals surface area (Å²) in [5.74, 6) is 0.487. The number of carbonyl (C=O) groups excluding carboxylic acids is 2. The topological polar surface area (TPSA) is 34.1 Å². The predicted molar refractivity (Wildman–Crippen MR) is 101 cm³/mol. The normalized spacial score (nSPS) is 27.2. The zero-order valence-corrected chi connectivity index (χ0v) is 15.1. The molecule has 134 valence electrons. The van der Waals surface area contributed by atoms with Gasteiger partial charge < -0.3 is 8.97 Å². The molecule has 3 aliphatic rings. The maximum atomic E-state index is 12.7. The highest BCUT2D eigenvalue weighted by Crippen LogP contribution is 2.27. The molecular formula is C22H26N2O2+2. The lowest BCUT2D eigenvalue weighted by molar-refractivity contribution is -1.07. The summed E-state index contributed by atoms with van der Waals surface area (Å²) in [5.41, 5.74) is 1.63. The van der Waals surface area contributed by atoms with Gasteiger partial charge in [0, 0.05) is 11.1 Å². The maximum Gasteiger partial charge on any atom is 0.216 e. The second kappa shape index (κ2) is 6.78. The van der Waals surface area contributed by atoms with Crippen LogP contribution in [-0.4, -0.2) is 72.9 Å². The van der Waals surface area contributed by atoms with E-state index in [1.165, 1.54) is 0 Å². The number of quaternary nitrogens is 2. The molecule has 0 aromatic heterocycles. The smallest absolute Gasteiger partial charge is 0.216 e. The summed E-state index contributed by atoms with van der Waals surface area (Å²) in [5, 5.41) is 0. The van der Waals surface area contributed by atoms with E-state index in [1.54, 1.807) is 0 Å². The number of nitrogens with zero attached hydrogens (tertiary/aromatic N) is 2. The summed E-state index contributed by atoms with van der Waals surface area (Å²) >= 11 is 0. The third-order valence-corrected chi connectivity index (χ3v) is 6.30. The summed E-state index contributed by atoms with van der Waals surface area (Å²) in [4.78, 5) is 25.3. The van der Waals surface area contributed by atoms with Gasteiger partial charge in [-0.3, -0.25) is 9.59 Å². The molecule has 3 fully saturated rings. The number of ketones is 2. The van der Waals surface area contributed by atoms with Gasteiger partial charge in [-0.25, -0.2) is 0 Å². The molecular weight excluding hydrogens is 324 g/mol. The van der Waals surface area contributed by atoms with Gasteiger partial charge >= 0.3 is 0 Å². The Kier molecular flexibility index (Phi) is 4.47. The Morgan fingerprint density at radius 3 is 1.19 bits per heavy atom. The first kappa shape index (κ1) is 17.1. The molecule has 2 aromatic rings. The van der Waals surface area contributed by atoms with Crippen molar-refractivity contribution in [2.24, 2.45) is 0 Å². The van der Waals surface area contributed by atoms with Crippen LogP contribution in [0.5, 0.6) is 0 Å². The SMILES string of the molecule is O=C(C[N+]12CC[N+](CC(=O)c3ccccc3)(CC1)CC2)c1ccccc1. The molecule has 4 nitrogen and oxygen atoms in total. The van der Waals surface area contributed by atoms with Crippen molar-refractivity contribution in [3.8, 4) is 0 Å². The summed E-state index contributed by atoms with van der Waals surface area (Å²) in [7, 11) is 0. The van der Waals surface area contributed by atoms with E-state index in [-0.39, 0.29) is 11.6 Å². The van der Waals surface area contributed by atoms with Crippen molar-refractivity contribution in [1.82, 2.24) is 0 Å². The van der Waals surface area contributed by atoms with Crippen LogP contribution in [0.3, 0.4) is 0 Å². The van der Waals surface area contributed by atoms with Gasteiger partial charge in [-0.1, -0.05) is 60.7 Å². The van der Waals surface area contributed by atoms with Crippen molar-refractivity contribution in [3.63, 3.8) is 0 Å². The summed E-state index contributed by atoms with van der Waals surface area (Å²) in [6.07, 6.45) is 0. The Morgan fingerprint density at radius 2 is 0.885 bits per heavy atom. The highest BCUT2D eigenvalue weighted by molar-refractivity contribution is 5.97. The zero-order valence-electron chi connectivity index (χ0n) is 15.1. The zero-order chi connectivity index (χ0) is 18.0. The van der Waals surface area contributed by atoms with E-state index >= 15 is 0 Å². The van der Waals surface area contributed by atoms with Crippen molar-refractivity contribution < 1.29 is 18.6 Å². The van der Waals surface area contributed by atoms with Gasteiger partial charge in [0.25, 0.3) is 0 Å². The molecule has 3 aliphatic heterocycles. The van der Waals surface area contributed by atoms with Gasteiger partial charge in [0.1, 0.15) is 52.4 Å². The van der Waals surface area contributed by atoms with Gasteiger partial charge in [0.15, 0.2) is 0 Å². The van der Waals surface area contributed by atoms with Crippen molar-refractivity contribution in [3.05, 3.63) is 71.8 Å². The molecule has 0 unspecified atom stereocenters. The van der Waals surface area contributed by atoms with E-state index in [1.807, 2.05) is 60.7 Å². The highest BCUT2D eigenvalue weighted by atomic mass is 16.1. The predicted octanol–water partition coefficient (Wildman–Crippen LogP) is 2.41. The van der Waals surface area contributed by atoms with Gasteiger partial charge in [-0.15, -0.1) is 0 Å². The van der Waals surface area contributed by atoms with Crippen LogP contribution in [-0.2, 0) is 0 Å². The summed E-state index contributed by atoms with van der Waals surface area (Å²) in [6, 6.07) is 19.2. The number of rotatable bonds is 6. The van der Waals surface area contributed by atoms with Crippen LogP contribution < -0.4 is 0 Å². The standard InChI is InChI=1S/C22H26N2O2/c25-21(19-7-3-1-4-8-19)17-23-11-14-24(15-12-23,16-13-23)18-22(26)20-9-5-2-6-10-20/h1-10H,11-18H2/q+2. The van der Waals surface area contributed by atoms with Gasteiger partial charge in [0.2, 0.25) is 11.6 Å². The lowest BCUT2D eigenvalue weighted by Crippen LogP contribution is -2.76. The van der Waals surface area contributed by atoms with Gasteiger partial charge in [-0.05, 0) is 0 Å². The monoisotopic (exact) mass is 350 g/mol. The molecule has 0 atom stereocenters. The fourth-order valence-corrected chi connectivity index (χ4v) is 4.46. The Balaban J connectivity index is 1.40. The Hall–Kier alpha value is -2.30. The quantitative estimate of drug-likeness (QED) is 0.592. The van der Waals surface area contributed by atoms with E-state index in [4.69, 9.17) is 0 Å². The molecule has 0 aliphatic carbocycles. The first-order valence-electron chi connectivity index (χ1n) is 9.47. The average Bonchev–Trinajstić information content (AvgIpc) is 2.70. The first-order valence-corrected chi connectivity index (χ1v) is 9.47. The van der Waals surface area contributed by atoms with Crippen LogP contribution >= 0.6 is 0 Å². The number of hydrogen-bond acceptors (Lipinski definition) is 2. The molecule has 0 amide bonds. The van der Waals surface area contributed by atoms with Crippen LogP contribution in [0.15, 0.2) is 60.7 Å². The van der Waals surface area contributed by atoms with E-state index in [2.05, 4.69) is 0 Å². The number of fused-ring (bicyclic) bond motifs is 3. The molecule has 2 bridgehead atoms. The van der Waals surface area contributed by atoms with Crippen LogP contribution in [0, 0.1) is 0 Å². The fourth-order valence-electron chi connectivity index (χ4n) is 4.46. The summed E-state index contributed by atoms with van der Waals surface area (Å²) < 4.78 is 1.79. The Morgan fingerprint density at radius 1 is 0.577 bits per heavy atom. The van der Waals surface area contributed by atoms with E-state index < -0.39 is 0 Å². The fraction of sp³-hybridized carbons (Fsp3) is 0.364. The second-order valence-corrected chi connectivity index (χ2v) is 7.92. The molecule has 3 heterocycles.